The minimum atomic E-state index is -0.589. The fourth-order valence-electron chi connectivity index (χ4n) is 3.05. The average Bonchev–Trinajstić information content (AvgIpc) is 2.32. The third-order valence-corrected chi connectivity index (χ3v) is 4.76. The van der Waals surface area contributed by atoms with Gasteiger partial charge < -0.3 is 15.7 Å². The first-order chi connectivity index (χ1) is 8.39. The van der Waals surface area contributed by atoms with E-state index in [1.807, 2.05) is 11.8 Å². The van der Waals surface area contributed by atoms with Gasteiger partial charge in [0.2, 0.25) is 5.91 Å². The second kappa shape index (κ2) is 5.17. The lowest BCUT2D eigenvalue weighted by Crippen LogP contribution is -2.49. The Bertz CT molecular complexity index is 307. The van der Waals surface area contributed by atoms with Crippen LogP contribution in [-0.4, -0.2) is 40.6 Å². The smallest absolute Gasteiger partial charge is 0.225 e. The van der Waals surface area contributed by atoms with Crippen LogP contribution in [0.1, 0.15) is 46.0 Å². The largest absolute Gasteiger partial charge is 0.390 e. The number of nitrogens with two attached hydrogens (primary N) is 1. The van der Waals surface area contributed by atoms with E-state index in [-0.39, 0.29) is 17.9 Å². The second-order valence-corrected chi connectivity index (χ2v) is 6.47. The standard InChI is InChI=1S/C14H26N2O2/c1-10-3-4-11(9-12(10)15)13(17)16-7-5-14(2,18)6-8-16/h10-12,18H,3-9,15H2,1-2H3. The SMILES string of the molecule is CC1CCC(C(=O)N2CCC(C)(O)CC2)CC1N. The molecule has 2 rings (SSSR count). The Kier molecular flexibility index (Phi) is 3.97. The molecule has 1 saturated carbocycles. The van der Waals surface area contributed by atoms with Crippen molar-refractivity contribution in [3.63, 3.8) is 0 Å². The van der Waals surface area contributed by atoms with Gasteiger partial charge in [-0.1, -0.05) is 6.92 Å². The second-order valence-electron chi connectivity index (χ2n) is 6.47. The van der Waals surface area contributed by atoms with E-state index in [0.717, 1.165) is 19.3 Å². The molecule has 0 aromatic rings. The maximum absolute atomic E-state index is 12.4. The zero-order valence-corrected chi connectivity index (χ0v) is 11.6. The third-order valence-electron chi connectivity index (χ3n) is 4.76. The van der Waals surface area contributed by atoms with Gasteiger partial charge in [0.05, 0.1) is 5.60 Å². The number of carbonyl (C=O) groups is 1. The number of nitrogens with zero attached hydrogens (tertiary/aromatic N) is 1. The van der Waals surface area contributed by atoms with E-state index in [1.54, 1.807) is 0 Å². The normalized spacial score (nSPS) is 36.4. The molecular weight excluding hydrogens is 228 g/mol. The van der Waals surface area contributed by atoms with E-state index in [9.17, 15) is 9.90 Å². The molecule has 1 saturated heterocycles. The highest BCUT2D eigenvalue weighted by Gasteiger charge is 2.35. The summed E-state index contributed by atoms with van der Waals surface area (Å²) >= 11 is 0. The van der Waals surface area contributed by atoms with Crippen molar-refractivity contribution < 1.29 is 9.90 Å². The molecule has 4 heteroatoms. The molecule has 0 aromatic heterocycles. The molecule has 2 fully saturated rings. The Morgan fingerprint density at radius 2 is 1.94 bits per heavy atom. The highest BCUT2D eigenvalue weighted by atomic mass is 16.3. The molecule has 2 aliphatic rings. The van der Waals surface area contributed by atoms with Gasteiger partial charge in [0, 0.05) is 25.0 Å². The molecule has 0 radical (unpaired) electrons. The van der Waals surface area contributed by atoms with Crippen LogP contribution in [0.4, 0.5) is 0 Å². The van der Waals surface area contributed by atoms with Crippen LogP contribution in [0.15, 0.2) is 0 Å². The Morgan fingerprint density at radius 3 is 2.50 bits per heavy atom. The van der Waals surface area contributed by atoms with Crippen molar-refractivity contribution in [2.45, 2.75) is 57.6 Å². The maximum Gasteiger partial charge on any atom is 0.225 e. The van der Waals surface area contributed by atoms with E-state index in [2.05, 4.69) is 6.92 Å². The summed E-state index contributed by atoms with van der Waals surface area (Å²) in [6.07, 6.45) is 4.23. The number of carbonyl (C=O) groups excluding carboxylic acids is 1. The van der Waals surface area contributed by atoms with E-state index in [0.29, 0.717) is 31.8 Å². The van der Waals surface area contributed by atoms with Gasteiger partial charge in [-0.2, -0.15) is 0 Å². The molecule has 3 unspecified atom stereocenters. The quantitative estimate of drug-likeness (QED) is 0.737. The number of rotatable bonds is 1. The van der Waals surface area contributed by atoms with E-state index in [1.165, 1.54) is 0 Å². The molecule has 104 valence electrons. The van der Waals surface area contributed by atoms with Gasteiger partial charge in [-0.15, -0.1) is 0 Å². The molecule has 0 bridgehead atoms. The molecule has 0 aromatic carbocycles. The van der Waals surface area contributed by atoms with E-state index in [4.69, 9.17) is 5.73 Å². The Labute approximate surface area is 110 Å². The number of aliphatic hydroxyl groups is 1. The Hall–Kier alpha value is -0.610. The number of hydrogen-bond acceptors (Lipinski definition) is 3. The summed E-state index contributed by atoms with van der Waals surface area (Å²) in [7, 11) is 0. The maximum atomic E-state index is 12.4. The first kappa shape index (κ1) is 13.8. The Morgan fingerprint density at radius 1 is 1.33 bits per heavy atom. The van der Waals surface area contributed by atoms with Gasteiger partial charge in [0.1, 0.15) is 0 Å². The highest BCUT2D eigenvalue weighted by Crippen LogP contribution is 2.30. The van der Waals surface area contributed by atoms with Crippen LogP contribution in [-0.2, 0) is 4.79 Å². The first-order valence-electron chi connectivity index (χ1n) is 7.16. The summed E-state index contributed by atoms with van der Waals surface area (Å²) in [5, 5.41) is 9.90. The van der Waals surface area contributed by atoms with Crippen molar-refractivity contribution >= 4 is 5.91 Å². The molecule has 1 amide bonds. The minimum Gasteiger partial charge on any atom is -0.390 e. The summed E-state index contributed by atoms with van der Waals surface area (Å²) in [5.41, 5.74) is 5.48. The lowest BCUT2D eigenvalue weighted by molar-refractivity contribution is -0.140. The zero-order valence-electron chi connectivity index (χ0n) is 11.6. The van der Waals surface area contributed by atoms with Crippen LogP contribution in [0.5, 0.6) is 0 Å². The van der Waals surface area contributed by atoms with Gasteiger partial charge in [0.15, 0.2) is 0 Å². The minimum absolute atomic E-state index is 0.110. The Balaban J connectivity index is 1.88. The first-order valence-corrected chi connectivity index (χ1v) is 7.16. The van der Waals surface area contributed by atoms with Gasteiger partial charge in [0.25, 0.3) is 0 Å². The molecule has 0 spiro atoms. The molecular formula is C14H26N2O2. The molecule has 4 nitrogen and oxygen atoms in total. The van der Waals surface area contributed by atoms with Crippen LogP contribution in [0.3, 0.4) is 0 Å². The number of hydrogen-bond donors (Lipinski definition) is 2. The molecule has 1 aliphatic carbocycles. The molecule has 3 N–H and O–H groups in total. The summed E-state index contributed by atoms with van der Waals surface area (Å²) < 4.78 is 0. The third kappa shape index (κ3) is 3.04. The van der Waals surface area contributed by atoms with Crippen LogP contribution < -0.4 is 5.73 Å². The van der Waals surface area contributed by atoms with Gasteiger partial charge >= 0.3 is 0 Å². The summed E-state index contributed by atoms with van der Waals surface area (Å²) in [5.74, 6) is 0.906. The summed E-state index contributed by atoms with van der Waals surface area (Å²) in [6.45, 7) is 5.40. The highest BCUT2D eigenvalue weighted by molar-refractivity contribution is 5.79. The predicted molar refractivity (Wildman–Crippen MR) is 70.9 cm³/mol. The topological polar surface area (TPSA) is 66.6 Å². The van der Waals surface area contributed by atoms with Gasteiger partial charge in [-0.3, -0.25) is 4.79 Å². The lowest BCUT2D eigenvalue weighted by atomic mass is 9.78. The molecule has 1 heterocycles. The average molecular weight is 254 g/mol. The summed E-state index contributed by atoms with van der Waals surface area (Å²) in [4.78, 5) is 14.3. The van der Waals surface area contributed by atoms with Gasteiger partial charge in [-0.25, -0.2) is 0 Å². The molecule has 18 heavy (non-hydrogen) atoms. The summed E-state index contributed by atoms with van der Waals surface area (Å²) in [6, 6.07) is 0.167. The fraction of sp³-hybridized carbons (Fsp3) is 0.929. The monoisotopic (exact) mass is 254 g/mol. The lowest BCUT2D eigenvalue weighted by Gasteiger charge is -2.39. The van der Waals surface area contributed by atoms with E-state index < -0.39 is 5.60 Å². The van der Waals surface area contributed by atoms with Crippen LogP contribution >= 0.6 is 0 Å². The van der Waals surface area contributed by atoms with Crippen LogP contribution in [0.2, 0.25) is 0 Å². The van der Waals surface area contributed by atoms with E-state index >= 15 is 0 Å². The van der Waals surface area contributed by atoms with Crippen LogP contribution in [0.25, 0.3) is 0 Å². The number of amides is 1. The van der Waals surface area contributed by atoms with Crippen LogP contribution in [0, 0.1) is 11.8 Å². The molecule has 3 atom stereocenters. The van der Waals surface area contributed by atoms with Crippen molar-refractivity contribution in [3.8, 4) is 0 Å². The number of likely N-dealkylation sites (tertiary alicyclic amines) is 1. The van der Waals surface area contributed by atoms with Crippen molar-refractivity contribution in [3.05, 3.63) is 0 Å². The van der Waals surface area contributed by atoms with Crippen molar-refractivity contribution in [1.82, 2.24) is 4.90 Å². The van der Waals surface area contributed by atoms with Crippen molar-refractivity contribution in [2.24, 2.45) is 17.6 Å². The number of piperidine rings is 1. The van der Waals surface area contributed by atoms with Crippen molar-refractivity contribution in [2.75, 3.05) is 13.1 Å². The van der Waals surface area contributed by atoms with Gasteiger partial charge in [-0.05, 0) is 44.9 Å². The predicted octanol–water partition coefficient (Wildman–Crippen LogP) is 1.12. The zero-order chi connectivity index (χ0) is 13.3. The fourth-order valence-corrected chi connectivity index (χ4v) is 3.05. The molecule has 1 aliphatic heterocycles. The van der Waals surface area contributed by atoms with Crippen molar-refractivity contribution in [1.29, 1.82) is 0 Å².